The van der Waals surface area contributed by atoms with Crippen LogP contribution in [-0.2, 0) is 4.79 Å². The van der Waals surface area contributed by atoms with Crippen molar-refractivity contribution in [1.82, 2.24) is 20.0 Å². The first kappa shape index (κ1) is 21.6. The SMILES string of the molecule is Cc1ccn(-c2ccc(Oc3ccc(NC(=O)COc4ccc(Cl)cc4Cl)cc3)nn2)n1. The molecule has 10 heteroatoms. The Balaban J connectivity index is 1.30. The molecule has 0 fully saturated rings. The number of carbonyl (C=O) groups excluding carboxylic acids is 1. The Morgan fingerprint density at radius 2 is 1.84 bits per heavy atom. The molecule has 0 bridgehead atoms. The van der Waals surface area contributed by atoms with Crippen LogP contribution in [0.2, 0.25) is 10.0 Å². The van der Waals surface area contributed by atoms with Gasteiger partial charge in [0.2, 0.25) is 5.88 Å². The smallest absolute Gasteiger partial charge is 0.262 e. The van der Waals surface area contributed by atoms with Crippen LogP contribution in [0.1, 0.15) is 5.69 Å². The maximum atomic E-state index is 12.1. The molecule has 2 heterocycles. The van der Waals surface area contributed by atoms with E-state index in [-0.39, 0.29) is 12.5 Å². The fourth-order valence-electron chi connectivity index (χ4n) is 2.69. The highest BCUT2D eigenvalue weighted by Crippen LogP contribution is 2.27. The molecule has 32 heavy (non-hydrogen) atoms. The molecule has 0 radical (unpaired) electrons. The van der Waals surface area contributed by atoms with Gasteiger partial charge in [0, 0.05) is 23.0 Å². The van der Waals surface area contributed by atoms with E-state index in [1.54, 1.807) is 59.3 Å². The van der Waals surface area contributed by atoms with Gasteiger partial charge in [0.25, 0.3) is 5.91 Å². The first-order valence-corrected chi connectivity index (χ1v) is 10.2. The van der Waals surface area contributed by atoms with Crippen LogP contribution in [0, 0.1) is 6.92 Å². The second-order valence-electron chi connectivity index (χ2n) is 6.67. The quantitative estimate of drug-likeness (QED) is 0.405. The molecule has 0 unspecified atom stereocenters. The fourth-order valence-corrected chi connectivity index (χ4v) is 3.16. The van der Waals surface area contributed by atoms with Crippen molar-refractivity contribution in [3.8, 4) is 23.2 Å². The van der Waals surface area contributed by atoms with Gasteiger partial charge in [-0.2, -0.15) is 5.10 Å². The summed E-state index contributed by atoms with van der Waals surface area (Å²) < 4.78 is 12.8. The number of nitrogens with one attached hydrogen (secondary N) is 1. The molecule has 1 N–H and O–H groups in total. The number of rotatable bonds is 7. The van der Waals surface area contributed by atoms with Crippen LogP contribution in [0.5, 0.6) is 17.4 Å². The Morgan fingerprint density at radius 3 is 2.50 bits per heavy atom. The van der Waals surface area contributed by atoms with E-state index in [2.05, 4.69) is 20.6 Å². The van der Waals surface area contributed by atoms with Gasteiger partial charge in [-0.1, -0.05) is 23.2 Å². The van der Waals surface area contributed by atoms with Gasteiger partial charge in [-0.25, -0.2) is 4.68 Å². The maximum Gasteiger partial charge on any atom is 0.262 e. The normalized spacial score (nSPS) is 10.6. The highest BCUT2D eigenvalue weighted by Gasteiger charge is 2.08. The van der Waals surface area contributed by atoms with E-state index in [0.717, 1.165) is 5.69 Å². The van der Waals surface area contributed by atoms with E-state index in [1.807, 2.05) is 19.2 Å². The zero-order valence-electron chi connectivity index (χ0n) is 16.8. The number of benzene rings is 2. The zero-order valence-corrected chi connectivity index (χ0v) is 18.3. The number of halogens is 2. The van der Waals surface area contributed by atoms with E-state index < -0.39 is 0 Å². The van der Waals surface area contributed by atoms with Gasteiger partial charge in [0.05, 0.1) is 10.7 Å². The van der Waals surface area contributed by atoms with Crippen molar-refractivity contribution in [3.05, 3.63) is 82.6 Å². The third-order valence-electron chi connectivity index (χ3n) is 4.20. The summed E-state index contributed by atoms with van der Waals surface area (Å²) in [5.41, 5.74) is 1.48. The van der Waals surface area contributed by atoms with Crippen LogP contribution in [0.25, 0.3) is 5.82 Å². The predicted octanol–water partition coefficient (Wildman–Crippen LogP) is 5.09. The molecule has 2 aromatic carbocycles. The highest BCUT2D eigenvalue weighted by molar-refractivity contribution is 6.35. The molecule has 8 nitrogen and oxygen atoms in total. The van der Waals surface area contributed by atoms with E-state index in [1.165, 1.54) is 0 Å². The molecule has 0 aliphatic heterocycles. The number of aryl methyl sites for hydroxylation is 1. The van der Waals surface area contributed by atoms with Crippen molar-refractivity contribution in [1.29, 1.82) is 0 Å². The van der Waals surface area contributed by atoms with Gasteiger partial charge in [-0.05, 0) is 61.5 Å². The molecule has 0 saturated carbocycles. The number of ether oxygens (including phenoxy) is 2. The highest BCUT2D eigenvalue weighted by atomic mass is 35.5. The summed E-state index contributed by atoms with van der Waals surface area (Å²) in [5.74, 6) is 1.52. The Kier molecular flexibility index (Phi) is 6.53. The number of carbonyl (C=O) groups is 1. The van der Waals surface area contributed by atoms with Crippen LogP contribution in [0.15, 0.2) is 66.9 Å². The lowest BCUT2D eigenvalue weighted by Crippen LogP contribution is -2.20. The predicted molar refractivity (Wildman–Crippen MR) is 121 cm³/mol. The average molecular weight is 470 g/mol. The van der Waals surface area contributed by atoms with Crippen LogP contribution < -0.4 is 14.8 Å². The molecule has 0 aliphatic carbocycles. The Bertz CT molecular complexity index is 1230. The summed E-state index contributed by atoms with van der Waals surface area (Å²) in [7, 11) is 0. The first-order valence-electron chi connectivity index (χ1n) is 9.48. The second-order valence-corrected chi connectivity index (χ2v) is 7.51. The summed E-state index contributed by atoms with van der Waals surface area (Å²) in [6, 6.07) is 17.0. The van der Waals surface area contributed by atoms with E-state index >= 15 is 0 Å². The van der Waals surface area contributed by atoms with Crippen LogP contribution >= 0.6 is 23.2 Å². The third-order valence-corrected chi connectivity index (χ3v) is 4.73. The van der Waals surface area contributed by atoms with Crippen molar-refractivity contribution in [3.63, 3.8) is 0 Å². The van der Waals surface area contributed by atoms with Crippen LogP contribution in [0.3, 0.4) is 0 Å². The standard InChI is InChI=1S/C22H17Cl2N5O3/c1-14-10-11-29(28-14)20-8-9-22(27-26-20)32-17-5-3-16(4-6-17)25-21(30)13-31-19-7-2-15(23)12-18(19)24/h2-12H,13H2,1H3,(H,25,30). The van der Waals surface area contributed by atoms with E-state index in [0.29, 0.717) is 38.9 Å². The average Bonchev–Trinajstić information content (AvgIpc) is 3.21. The van der Waals surface area contributed by atoms with Crippen molar-refractivity contribution in [2.24, 2.45) is 0 Å². The minimum absolute atomic E-state index is 0.197. The number of amides is 1. The van der Waals surface area contributed by atoms with Crippen molar-refractivity contribution < 1.29 is 14.3 Å². The topological polar surface area (TPSA) is 91.2 Å². The molecule has 162 valence electrons. The number of hydrogen-bond donors (Lipinski definition) is 1. The lowest BCUT2D eigenvalue weighted by Gasteiger charge is -2.10. The minimum Gasteiger partial charge on any atom is -0.482 e. The van der Waals surface area contributed by atoms with Crippen molar-refractivity contribution in [2.75, 3.05) is 11.9 Å². The summed E-state index contributed by atoms with van der Waals surface area (Å²) >= 11 is 11.9. The summed E-state index contributed by atoms with van der Waals surface area (Å²) in [4.78, 5) is 12.1. The molecule has 0 saturated heterocycles. The molecule has 1 amide bonds. The van der Waals surface area contributed by atoms with Gasteiger partial charge < -0.3 is 14.8 Å². The molecule has 4 aromatic rings. The molecule has 2 aromatic heterocycles. The van der Waals surface area contributed by atoms with Gasteiger partial charge in [-0.15, -0.1) is 10.2 Å². The lowest BCUT2D eigenvalue weighted by molar-refractivity contribution is -0.118. The number of hydrogen-bond acceptors (Lipinski definition) is 6. The Labute approximate surface area is 193 Å². The zero-order chi connectivity index (χ0) is 22.5. The third kappa shape index (κ3) is 5.54. The van der Waals surface area contributed by atoms with Crippen molar-refractivity contribution >= 4 is 34.8 Å². The number of aromatic nitrogens is 4. The molecule has 0 atom stereocenters. The van der Waals surface area contributed by atoms with Gasteiger partial charge in [-0.3, -0.25) is 4.79 Å². The Morgan fingerprint density at radius 1 is 1.03 bits per heavy atom. The summed E-state index contributed by atoms with van der Waals surface area (Å²) in [6.45, 7) is 1.70. The number of nitrogens with zero attached hydrogens (tertiary/aromatic N) is 4. The Hall–Kier alpha value is -3.62. The molecule has 0 spiro atoms. The molecular weight excluding hydrogens is 453 g/mol. The van der Waals surface area contributed by atoms with Crippen LogP contribution in [0.4, 0.5) is 5.69 Å². The van der Waals surface area contributed by atoms with E-state index in [9.17, 15) is 4.79 Å². The molecule has 4 rings (SSSR count). The summed E-state index contributed by atoms with van der Waals surface area (Å²) in [6.07, 6.45) is 1.81. The van der Waals surface area contributed by atoms with Gasteiger partial charge in [0.1, 0.15) is 11.5 Å². The molecular formula is C22H17Cl2N5O3. The fraction of sp³-hybridized carbons (Fsp3) is 0.0909. The second kappa shape index (κ2) is 9.67. The first-order chi connectivity index (χ1) is 15.5. The van der Waals surface area contributed by atoms with Crippen molar-refractivity contribution in [2.45, 2.75) is 6.92 Å². The minimum atomic E-state index is -0.333. The van der Waals surface area contributed by atoms with E-state index in [4.69, 9.17) is 32.7 Å². The lowest BCUT2D eigenvalue weighted by atomic mass is 10.3. The maximum absolute atomic E-state index is 12.1. The summed E-state index contributed by atoms with van der Waals surface area (Å²) in [5, 5.41) is 16.0. The van der Waals surface area contributed by atoms with Crippen LogP contribution in [-0.4, -0.2) is 32.5 Å². The van der Waals surface area contributed by atoms with Gasteiger partial charge >= 0.3 is 0 Å². The van der Waals surface area contributed by atoms with Gasteiger partial charge in [0.15, 0.2) is 12.4 Å². The monoisotopic (exact) mass is 469 g/mol. The molecule has 0 aliphatic rings. The largest absolute Gasteiger partial charge is 0.482 e. The number of anilines is 1.